The van der Waals surface area contributed by atoms with E-state index in [9.17, 15) is 4.79 Å². The van der Waals surface area contributed by atoms with Crippen LogP contribution < -0.4 is 0 Å². The number of nitrogens with one attached hydrogen (secondary N) is 1. The molecule has 6 nitrogen and oxygen atoms in total. The van der Waals surface area contributed by atoms with Crippen molar-refractivity contribution in [3.8, 4) is 10.6 Å². The molecule has 0 aliphatic carbocycles. The third-order valence-corrected chi connectivity index (χ3v) is 5.06. The van der Waals surface area contributed by atoms with Crippen molar-refractivity contribution in [2.24, 2.45) is 0 Å². The minimum absolute atomic E-state index is 0.0432. The van der Waals surface area contributed by atoms with E-state index in [4.69, 9.17) is 0 Å². The van der Waals surface area contributed by atoms with Gasteiger partial charge in [-0.25, -0.2) is 9.97 Å². The molecule has 1 fully saturated rings. The van der Waals surface area contributed by atoms with Crippen LogP contribution in [0.1, 0.15) is 41.0 Å². The highest BCUT2D eigenvalue weighted by molar-refractivity contribution is 7.13. The predicted octanol–water partition coefficient (Wildman–Crippen LogP) is 3.21. The number of hydrogen-bond donors (Lipinski definition) is 1. The molecule has 1 atom stereocenters. The number of H-pyrrole nitrogens is 1. The van der Waals surface area contributed by atoms with E-state index in [1.165, 1.54) is 11.3 Å². The van der Waals surface area contributed by atoms with E-state index in [2.05, 4.69) is 20.2 Å². The van der Waals surface area contributed by atoms with Gasteiger partial charge in [0.15, 0.2) is 5.82 Å². The fourth-order valence-electron chi connectivity index (χ4n) is 3.02. The molecule has 3 aromatic rings. The van der Waals surface area contributed by atoms with E-state index in [0.29, 0.717) is 11.5 Å². The van der Waals surface area contributed by atoms with E-state index in [-0.39, 0.29) is 11.9 Å². The molecule has 0 bridgehead atoms. The molecule has 1 aliphatic rings. The molecule has 0 saturated carbocycles. The summed E-state index contributed by atoms with van der Waals surface area (Å²) in [5, 5.41) is 9.79. The van der Waals surface area contributed by atoms with Crippen molar-refractivity contribution < 1.29 is 4.79 Å². The monoisotopic (exact) mass is 339 g/mol. The highest BCUT2D eigenvalue weighted by Gasteiger charge is 2.34. The first-order valence-electron chi connectivity index (χ1n) is 7.93. The second kappa shape index (κ2) is 6.16. The molecule has 24 heavy (non-hydrogen) atoms. The highest BCUT2D eigenvalue weighted by Crippen LogP contribution is 2.32. The molecule has 122 valence electrons. The van der Waals surface area contributed by atoms with Crippen LogP contribution in [0.5, 0.6) is 0 Å². The fourth-order valence-corrected chi connectivity index (χ4v) is 3.82. The normalized spacial score (nSPS) is 17.4. The quantitative estimate of drug-likeness (QED) is 0.795. The summed E-state index contributed by atoms with van der Waals surface area (Å²) in [6.07, 6.45) is 1.85. The standard InChI is InChI=1S/C17H17N5OS/c1-11-18-15(21-20-11)14-8-5-9-22(14)17(23)13-10-24-16(19-13)12-6-3-2-4-7-12/h2-4,6-7,10,14H,5,8-9H2,1H3,(H,18,20,21). The molecule has 1 N–H and O–H groups in total. The molecular formula is C17H17N5OS. The maximum atomic E-state index is 12.9. The Kier molecular flexibility index (Phi) is 3.86. The molecule has 3 heterocycles. The molecule has 1 aromatic carbocycles. The number of rotatable bonds is 3. The van der Waals surface area contributed by atoms with Crippen LogP contribution in [0, 0.1) is 6.92 Å². The molecule has 0 spiro atoms. The largest absolute Gasteiger partial charge is 0.327 e. The summed E-state index contributed by atoms with van der Waals surface area (Å²) < 4.78 is 0. The SMILES string of the molecule is Cc1nc(C2CCCN2C(=O)c2csc(-c3ccccc3)n2)n[nH]1. The van der Waals surface area contributed by atoms with Crippen LogP contribution in [-0.4, -0.2) is 37.5 Å². The first-order chi connectivity index (χ1) is 11.7. The summed E-state index contributed by atoms with van der Waals surface area (Å²) in [5.74, 6) is 1.42. The number of aryl methyl sites for hydroxylation is 1. The van der Waals surface area contributed by atoms with Gasteiger partial charge in [-0.2, -0.15) is 5.10 Å². The van der Waals surface area contributed by atoms with E-state index in [1.54, 1.807) is 0 Å². The van der Waals surface area contributed by atoms with Gasteiger partial charge in [0.05, 0.1) is 6.04 Å². The first kappa shape index (κ1) is 15.0. The summed E-state index contributed by atoms with van der Waals surface area (Å²) >= 11 is 1.49. The molecular weight excluding hydrogens is 322 g/mol. The molecule has 7 heteroatoms. The number of carbonyl (C=O) groups is 1. The molecule has 1 aliphatic heterocycles. The summed E-state index contributed by atoms with van der Waals surface area (Å²) in [4.78, 5) is 23.7. The van der Waals surface area contributed by atoms with Gasteiger partial charge in [0.1, 0.15) is 16.5 Å². The van der Waals surface area contributed by atoms with Gasteiger partial charge in [0.2, 0.25) is 0 Å². The molecule has 0 radical (unpaired) electrons. The molecule has 4 rings (SSSR count). The number of carbonyl (C=O) groups excluding carboxylic acids is 1. The van der Waals surface area contributed by atoms with Crippen LogP contribution in [0.15, 0.2) is 35.7 Å². The third kappa shape index (κ3) is 2.71. The van der Waals surface area contributed by atoms with Crippen molar-refractivity contribution in [1.29, 1.82) is 0 Å². The van der Waals surface area contributed by atoms with Crippen molar-refractivity contribution in [3.63, 3.8) is 0 Å². The lowest BCUT2D eigenvalue weighted by Gasteiger charge is -2.21. The molecule has 1 unspecified atom stereocenters. The van der Waals surface area contributed by atoms with Crippen LogP contribution in [-0.2, 0) is 0 Å². The number of aromatic nitrogens is 4. The van der Waals surface area contributed by atoms with E-state index in [1.807, 2.05) is 47.5 Å². The summed E-state index contributed by atoms with van der Waals surface area (Å²) in [6.45, 7) is 2.58. The number of likely N-dealkylation sites (tertiary alicyclic amines) is 1. The zero-order valence-corrected chi connectivity index (χ0v) is 14.1. The number of nitrogens with zero attached hydrogens (tertiary/aromatic N) is 4. The van der Waals surface area contributed by atoms with Crippen molar-refractivity contribution >= 4 is 17.2 Å². The fraction of sp³-hybridized carbons (Fsp3) is 0.294. The number of amides is 1. The Labute approximate surface area is 143 Å². The topological polar surface area (TPSA) is 74.8 Å². The van der Waals surface area contributed by atoms with Gasteiger partial charge < -0.3 is 4.90 Å². The van der Waals surface area contributed by atoms with Crippen LogP contribution in [0.2, 0.25) is 0 Å². The van der Waals surface area contributed by atoms with Crippen LogP contribution in [0.4, 0.5) is 0 Å². The van der Waals surface area contributed by atoms with Crippen molar-refractivity contribution in [1.82, 2.24) is 25.1 Å². The predicted molar refractivity (Wildman–Crippen MR) is 91.7 cm³/mol. The second-order valence-electron chi connectivity index (χ2n) is 5.84. The van der Waals surface area contributed by atoms with Crippen LogP contribution in [0.25, 0.3) is 10.6 Å². The van der Waals surface area contributed by atoms with E-state index in [0.717, 1.165) is 35.8 Å². The van der Waals surface area contributed by atoms with E-state index >= 15 is 0 Å². The number of benzene rings is 1. The van der Waals surface area contributed by atoms with Crippen molar-refractivity contribution in [2.75, 3.05) is 6.54 Å². The van der Waals surface area contributed by atoms with Gasteiger partial charge in [0, 0.05) is 17.5 Å². The smallest absolute Gasteiger partial charge is 0.273 e. The Morgan fingerprint density at radius 3 is 2.88 bits per heavy atom. The average molecular weight is 339 g/mol. The Morgan fingerprint density at radius 2 is 2.12 bits per heavy atom. The van der Waals surface area contributed by atoms with Gasteiger partial charge >= 0.3 is 0 Å². The van der Waals surface area contributed by atoms with Gasteiger partial charge in [-0.05, 0) is 19.8 Å². The minimum atomic E-state index is -0.0654. The zero-order chi connectivity index (χ0) is 16.5. The molecule has 2 aromatic heterocycles. The van der Waals surface area contributed by atoms with E-state index < -0.39 is 0 Å². The third-order valence-electron chi connectivity index (χ3n) is 4.17. The summed E-state index contributed by atoms with van der Waals surface area (Å²) in [5.41, 5.74) is 1.53. The second-order valence-corrected chi connectivity index (χ2v) is 6.70. The Hall–Kier alpha value is -2.54. The zero-order valence-electron chi connectivity index (χ0n) is 13.3. The van der Waals surface area contributed by atoms with Crippen molar-refractivity contribution in [2.45, 2.75) is 25.8 Å². The Bertz CT molecular complexity index is 857. The van der Waals surface area contributed by atoms with Crippen LogP contribution in [0.3, 0.4) is 0 Å². The lowest BCUT2D eigenvalue weighted by atomic mass is 10.2. The highest BCUT2D eigenvalue weighted by atomic mass is 32.1. The molecule has 1 amide bonds. The summed E-state index contributed by atoms with van der Waals surface area (Å²) in [6, 6.07) is 9.85. The lowest BCUT2D eigenvalue weighted by Crippen LogP contribution is -2.31. The lowest BCUT2D eigenvalue weighted by molar-refractivity contribution is 0.0725. The first-order valence-corrected chi connectivity index (χ1v) is 8.81. The van der Waals surface area contributed by atoms with Gasteiger partial charge in [-0.15, -0.1) is 11.3 Å². The van der Waals surface area contributed by atoms with Gasteiger partial charge in [-0.1, -0.05) is 30.3 Å². The van der Waals surface area contributed by atoms with Gasteiger partial charge in [-0.3, -0.25) is 9.89 Å². The minimum Gasteiger partial charge on any atom is -0.327 e. The summed E-state index contributed by atoms with van der Waals surface area (Å²) in [7, 11) is 0. The maximum absolute atomic E-state index is 12.9. The van der Waals surface area contributed by atoms with Gasteiger partial charge in [0.25, 0.3) is 5.91 Å². The van der Waals surface area contributed by atoms with Crippen LogP contribution >= 0.6 is 11.3 Å². The maximum Gasteiger partial charge on any atom is 0.273 e. The number of aromatic amines is 1. The Morgan fingerprint density at radius 1 is 1.29 bits per heavy atom. The number of thiazole rings is 1. The Balaban J connectivity index is 1.58. The number of hydrogen-bond acceptors (Lipinski definition) is 5. The molecule has 1 saturated heterocycles. The average Bonchev–Trinajstić information content (AvgIpc) is 3.35. The van der Waals surface area contributed by atoms with Crippen molar-refractivity contribution in [3.05, 3.63) is 53.1 Å².